The van der Waals surface area contributed by atoms with Crippen molar-refractivity contribution in [2.24, 2.45) is 16.7 Å². The van der Waals surface area contributed by atoms with Gasteiger partial charge >= 0.3 is 0 Å². The highest BCUT2D eigenvalue weighted by molar-refractivity contribution is 6.23. The first-order chi connectivity index (χ1) is 5.40. The summed E-state index contributed by atoms with van der Waals surface area (Å²) in [4.78, 5) is 11.7. The van der Waals surface area contributed by atoms with Gasteiger partial charge in [0.2, 0.25) is 0 Å². The molecule has 0 spiro atoms. The van der Waals surface area contributed by atoms with Crippen molar-refractivity contribution in [3.63, 3.8) is 0 Å². The summed E-state index contributed by atoms with van der Waals surface area (Å²) in [6, 6.07) is 0. The fourth-order valence-electron chi connectivity index (χ4n) is 2.92. The molecule has 0 aromatic rings. The van der Waals surface area contributed by atoms with Crippen LogP contribution in [0.15, 0.2) is 0 Å². The quantitative estimate of drug-likeness (QED) is 0.532. The Kier molecular flexibility index (Phi) is 1.47. The molecule has 0 N–H and O–H groups in total. The highest BCUT2D eigenvalue weighted by atomic mass is 35.5. The van der Waals surface area contributed by atoms with Crippen molar-refractivity contribution >= 4 is 17.4 Å². The van der Waals surface area contributed by atoms with Crippen LogP contribution < -0.4 is 0 Å². The van der Waals surface area contributed by atoms with Gasteiger partial charge in [0.15, 0.2) is 0 Å². The molecule has 0 aromatic heterocycles. The van der Waals surface area contributed by atoms with Crippen molar-refractivity contribution in [1.82, 2.24) is 0 Å². The summed E-state index contributed by atoms with van der Waals surface area (Å²) in [5, 5.41) is 0.0683. The van der Waals surface area contributed by atoms with Gasteiger partial charge in [0.1, 0.15) is 5.78 Å². The van der Waals surface area contributed by atoms with Crippen molar-refractivity contribution in [2.45, 2.75) is 39.0 Å². The molecule has 0 saturated heterocycles. The second-order valence-electron chi connectivity index (χ2n) is 4.95. The standard InChI is InChI=1S/C10H15ClO/c1-9(2)6-4-7(11)10(9,3)8(12)5-6/h6-7H,4-5H2,1-3H3/t6-,7-,10+/m0/s1. The summed E-state index contributed by atoms with van der Waals surface area (Å²) >= 11 is 6.21. The van der Waals surface area contributed by atoms with E-state index in [2.05, 4.69) is 13.8 Å². The first-order valence-electron chi connectivity index (χ1n) is 4.58. The second-order valence-corrected chi connectivity index (χ2v) is 5.48. The molecule has 1 nitrogen and oxygen atoms in total. The Morgan fingerprint density at radius 2 is 2.00 bits per heavy atom. The SMILES string of the molecule is CC1(C)[C@@H]2CC(=O)[C@@]1(C)[C@@H](Cl)C2. The Balaban J connectivity index is 2.51. The molecule has 0 aromatic carbocycles. The molecule has 2 rings (SSSR count). The highest BCUT2D eigenvalue weighted by Gasteiger charge is 2.65. The van der Waals surface area contributed by atoms with Crippen molar-refractivity contribution in [2.75, 3.05) is 0 Å². The molecule has 0 unspecified atom stereocenters. The minimum Gasteiger partial charge on any atom is -0.299 e. The molecule has 0 amide bonds. The lowest BCUT2D eigenvalue weighted by atomic mass is 9.70. The summed E-state index contributed by atoms with van der Waals surface area (Å²) < 4.78 is 0. The average molecular weight is 187 g/mol. The number of hydrogen-bond acceptors (Lipinski definition) is 1. The molecule has 0 aliphatic heterocycles. The molecule has 2 fully saturated rings. The summed E-state index contributed by atoms with van der Waals surface area (Å²) in [5.41, 5.74) is -0.129. The maximum absolute atomic E-state index is 11.7. The van der Waals surface area contributed by atoms with Gasteiger partial charge in [0.25, 0.3) is 0 Å². The van der Waals surface area contributed by atoms with Crippen LogP contribution in [0, 0.1) is 16.7 Å². The number of halogens is 1. The van der Waals surface area contributed by atoms with E-state index in [0.29, 0.717) is 11.7 Å². The second kappa shape index (κ2) is 2.06. The zero-order valence-corrected chi connectivity index (χ0v) is 8.61. The van der Waals surface area contributed by atoms with Crippen LogP contribution in [-0.4, -0.2) is 11.2 Å². The van der Waals surface area contributed by atoms with Crippen LogP contribution in [-0.2, 0) is 4.79 Å². The van der Waals surface area contributed by atoms with Crippen molar-refractivity contribution < 1.29 is 4.79 Å². The van der Waals surface area contributed by atoms with Gasteiger partial charge in [-0.15, -0.1) is 11.6 Å². The van der Waals surface area contributed by atoms with Gasteiger partial charge in [0, 0.05) is 17.2 Å². The minimum atomic E-state index is -0.251. The first kappa shape index (κ1) is 8.55. The van der Waals surface area contributed by atoms with Crippen molar-refractivity contribution in [1.29, 1.82) is 0 Å². The van der Waals surface area contributed by atoms with Crippen LogP contribution in [0.4, 0.5) is 0 Å². The first-order valence-corrected chi connectivity index (χ1v) is 5.01. The molecule has 2 aliphatic rings. The lowest BCUT2D eigenvalue weighted by Gasteiger charge is -2.34. The Bertz CT molecular complexity index is 246. The van der Waals surface area contributed by atoms with E-state index in [1.165, 1.54) is 0 Å². The fourth-order valence-corrected chi connectivity index (χ4v) is 3.53. The predicted octanol–water partition coefficient (Wildman–Crippen LogP) is 2.62. The molecule has 0 heterocycles. The Labute approximate surface area is 78.5 Å². The summed E-state index contributed by atoms with van der Waals surface area (Å²) in [6.07, 6.45) is 1.78. The molecule has 2 bridgehead atoms. The van der Waals surface area contributed by atoms with E-state index in [9.17, 15) is 4.79 Å². The fraction of sp³-hybridized carbons (Fsp3) is 0.900. The lowest BCUT2D eigenvalue weighted by molar-refractivity contribution is -0.127. The normalized spacial score (nSPS) is 50.2. The smallest absolute Gasteiger partial charge is 0.141 e. The maximum atomic E-state index is 11.7. The van der Waals surface area contributed by atoms with Gasteiger partial charge in [-0.25, -0.2) is 0 Å². The maximum Gasteiger partial charge on any atom is 0.141 e. The van der Waals surface area contributed by atoms with Crippen LogP contribution in [0.3, 0.4) is 0 Å². The summed E-state index contributed by atoms with van der Waals surface area (Å²) in [5.74, 6) is 0.904. The third-order valence-corrected chi connectivity index (χ3v) is 5.10. The van der Waals surface area contributed by atoms with Crippen LogP contribution in [0.2, 0.25) is 0 Å². The molecule has 0 radical (unpaired) electrons. The average Bonchev–Trinajstić information content (AvgIpc) is 2.20. The third-order valence-electron chi connectivity index (χ3n) is 4.49. The van der Waals surface area contributed by atoms with E-state index in [4.69, 9.17) is 11.6 Å². The number of alkyl halides is 1. The zero-order chi connectivity index (χ0) is 9.15. The molecular weight excluding hydrogens is 172 g/mol. The van der Waals surface area contributed by atoms with Gasteiger partial charge in [0.05, 0.1) is 0 Å². The summed E-state index contributed by atoms with van der Waals surface area (Å²) in [7, 11) is 0. The van der Waals surface area contributed by atoms with E-state index < -0.39 is 0 Å². The minimum absolute atomic E-state index is 0.0683. The Morgan fingerprint density at radius 3 is 2.25 bits per heavy atom. The third kappa shape index (κ3) is 0.654. The van der Waals surface area contributed by atoms with Crippen LogP contribution in [0.25, 0.3) is 0 Å². The highest BCUT2D eigenvalue weighted by Crippen LogP contribution is 2.65. The van der Waals surface area contributed by atoms with Gasteiger partial charge in [-0.05, 0) is 17.8 Å². The molecule has 2 saturated carbocycles. The monoisotopic (exact) mass is 186 g/mol. The molecule has 3 atom stereocenters. The molecular formula is C10H15ClO. The predicted molar refractivity (Wildman–Crippen MR) is 49.3 cm³/mol. The van der Waals surface area contributed by atoms with E-state index in [0.717, 1.165) is 12.8 Å². The summed E-state index contributed by atoms with van der Waals surface area (Å²) in [6.45, 7) is 6.41. The number of carbonyl (C=O) groups excluding carboxylic acids is 1. The van der Waals surface area contributed by atoms with Gasteiger partial charge < -0.3 is 0 Å². The van der Waals surface area contributed by atoms with Gasteiger partial charge in [-0.3, -0.25) is 4.79 Å². The van der Waals surface area contributed by atoms with Gasteiger partial charge in [-0.2, -0.15) is 0 Å². The van der Waals surface area contributed by atoms with Crippen molar-refractivity contribution in [3.05, 3.63) is 0 Å². The van der Waals surface area contributed by atoms with Crippen LogP contribution in [0.1, 0.15) is 33.6 Å². The number of Topliss-reactive ketones (excluding diaryl/α,β-unsaturated/α-hetero) is 1. The van der Waals surface area contributed by atoms with Crippen LogP contribution in [0.5, 0.6) is 0 Å². The molecule has 12 heavy (non-hydrogen) atoms. The number of rotatable bonds is 0. The number of carbonyl (C=O) groups is 1. The molecule has 68 valence electrons. The van der Waals surface area contributed by atoms with Crippen LogP contribution >= 0.6 is 11.6 Å². The Hall–Kier alpha value is -0.0400. The number of fused-ring (bicyclic) bond motifs is 2. The molecule has 2 aliphatic carbocycles. The lowest BCUT2D eigenvalue weighted by Crippen LogP contribution is -2.39. The number of hydrogen-bond donors (Lipinski definition) is 0. The van der Waals surface area contributed by atoms with Crippen molar-refractivity contribution in [3.8, 4) is 0 Å². The zero-order valence-electron chi connectivity index (χ0n) is 7.86. The van der Waals surface area contributed by atoms with E-state index >= 15 is 0 Å². The number of ketones is 1. The van der Waals surface area contributed by atoms with E-state index in [-0.39, 0.29) is 16.2 Å². The van der Waals surface area contributed by atoms with E-state index in [1.54, 1.807) is 0 Å². The molecule has 2 heteroatoms. The Morgan fingerprint density at radius 1 is 1.42 bits per heavy atom. The van der Waals surface area contributed by atoms with Gasteiger partial charge in [-0.1, -0.05) is 20.8 Å². The van der Waals surface area contributed by atoms with E-state index in [1.807, 2.05) is 6.92 Å². The topological polar surface area (TPSA) is 17.1 Å². The largest absolute Gasteiger partial charge is 0.299 e.